The van der Waals surface area contributed by atoms with Crippen molar-refractivity contribution >= 4 is 69.5 Å². The molecule has 0 saturated carbocycles. The van der Waals surface area contributed by atoms with Gasteiger partial charge < -0.3 is 5.32 Å². The van der Waals surface area contributed by atoms with Crippen molar-refractivity contribution in [1.29, 1.82) is 0 Å². The minimum absolute atomic E-state index is 0.189. The van der Waals surface area contributed by atoms with Gasteiger partial charge in [-0.05, 0) is 47.9 Å². The molecule has 0 aliphatic rings. The largest absolute Gasteiger partial charge is 0.332 e. The Bertz CT molecular complexity index is 684. The first-order chi connectivity index (χ1) is 10.0. The van der Waals surface area contributed by atoms with Crippen LogP contribution in [0.1, 0.15) is 4.88 Å². The number of rotatable bonds is 3. The van der Waals surface area contributed by atoms with E-state index in [0.29, 0.717) is 15.7 Å². The van der Waals surface area contributed by atoms with Crippen LogP contribution in [-0.4, -0.2) is 11.0 Å². The summed E-state index contributed by atoms with van der Waals surface area (Å²) in [7, 11) is 0. The molecule has 7 heteroatoms. The molecule has 1 aromatic carbocycles. The molecular weight excluding hydrogens is 347 g/mol. The SMILES string of the molecule is O=C(/C=C/c1cccs1)NC(=S)Nc1ccc(Cl)c(Cl)c1. The molecule has 2 N–H and O–H groups in total. The van der Waals surface area contributed by atoms with E-state index < -0.39 is 0 Å². The fourth-order valence-corrected chi connectivity index (χ4v) is 2.57. The molecule has 2 rings (SSSR count). The summed E-state index contributed by atoms with van der Waals surface area (Å²) in [6.07, 6.45) is 3.15. The number of benzene rings is 1. The maximum Gasteiger partial charge on any atom is 0.250 e. The second-order valence-electron chi connectivity index (χ2n) is 3.92. The summed E-state index contributed by atoms with van der Waals surface area (Å²) in [5.74, 6) is -0.305. The summed E-state index contributed by atoms with van der Waals surface area (Å²) < 4.78 is 0. The zero-order chi connectivity index (χ0) is 15.2. The Morgan fingerprint density at radius 3 is 2.71 bits per heavy atom. The third-order valence-electron chi connectivity index (χ3n) is 2.36. The fraction of sp³-hybridized carbons (Fsp3) is 0. The summed E-state index contributed by atoms with van der Waals surface area (Å²) in [5, 5.41) is 8.40. The standard InChI is InChI=1S/C14H10Cl2N2OS2/c15-11-5-3-9(8-12(11)16)17-14(20)18-13(19)6-4-10-2-1-7-21-10/h1-8H,(H2,17,18,19,20)/b6-4+. The lowest BCUT2D eigenvalue weighted by molar-refractivity contribution is -0.115. The first-order valence-electron chi connectivity index (χ1n) is 5.83. The molecule has 0 aliphatic heterocycles. The van der Waals surface area contributed by atoms with Crippen molar-refractivity contribution in [3.05, 3.63) is 56.7 Å². The topological polar surface area (TPSA) is 41.1 Å². The number of nitrogens with one attached hydrogen (secondary N) is 2. The highest BCUT2D eigenvalue weighted by Crippen LogP contribution is 2.24. The highest BCUT2D eigenvalue weighted by Gasteiger charge is 2.04. The van der Waals surface area contributed by atoms with Gasteiger partial charge in [0.05, 0.1) is 10.0 Å². The number of amides is 1. The summed E-state index contributed by atoms with van der Waals surface area (Å²) in [5.41, 5.74) is 0.650. The van der Waals surface area contributed by atoms with Gasteiger partial charge in [0.2, 0.25) is 5.91 Å². The molecule has 0 radical (unpaired) electrons. The van der Waals surface area contributed by atoms with Crippen molar-refractivity contribution < 1.29 is 4.79 Å². The Balaban J connectivity index is 1.89. The van der Waals surface area contributed by atoms with Crippen molar-refractivity contribution in [3.63, 3.8) is 0 Å². The van der Waals surface area contributed by atoms with Gasteiger partial charge in [-0.2, -0.15) is 0 Å². The Hall–Kier alpha value is -1.40. The van der Waals surface area contributed by atoms with Gasteiger partial charge in [-0.3, -0.25) is 10.1 Å². The van der Waals surface area contributed by atoms with E-state index in [4.69, 9.17) is 35.4 Å². The zero-order valence-corrected chi connectivity index (χ0v) is 13.7. The summed E-state index contributed by atoms with van der Waals surface area (Å²) >= 11 is 18.3. The number of hydrogen-bond donors (Lipinski definition) is 2. The number of hydrogen-bond acceptors (Lipinski definition) is 3. The van der Waals surface area contributed by atoms with Crippen molar-refractivity contribution in [3.8, 4) is 0 Å². The summed E-state index contributed by atoms with van der Waals surface area (Å²) in [6.45, 7) is 0. The van der Waals surface area contributed by atoms with Gasteiger partial charge in [0.15, 0.2) is 5.11 Å². The van der Waals surface area contributed by atoms with Crippen LogP contribution in [0.15, 0.2) is 41.8 Å². The van der Waals surface area contributed by atoms with Gasteiger partial charge in [-0.1, -0.05) is 29.3 Å². The maximum atomic E-state index is 11.7. The number of thiocarbonyl (C=S) groups is 1. The van der Waals surface area contributed by atoms with Gasteiger partial charge in [-0.25, -0.2) is 0 Å². The number of carbonyl (C=O) groups is 1. The predicted octanol–water partition coefficient (Wildman–Crippen LogP) is 4.58. The molecule has 108 valence electrons. The van der Waals surface area contributed by atoms with Crippen LogP contribution in [0, 0.1) is 0 Å². The first-order valence-corrected chi connectivity index (χ1v) is 7.87. The third-order valence-corrected chi connectivity index (χ3v) is 4.14. The molecule has 0 unspecified atom stereocenters. The van der Waals surface area contributed by atoms with Gasteiger partial charge in [0, 0.05) is 16.6 Å². The highest BCUT2D eigenvalue weighted by molar-refractivity contribution is 7.80. The summed E-state index contributed by atoms with van der Waals surface area (Å²) in [4.78, 5) is 12.7. The van der Waals surface area contributed by atoms with Crippen LogP contribution < -0.4 is 10.6 Å². The minimum atomic E-state index is -0.305. The highest BCUT2D eigenvalue weighted by atomic mass is 35.5. The van der Waals surface area contributed by atoms with E-state index in [0.717, 1.165) is 4.88 Å². The summed E-state index contributed by atoms with van der Waals surface area (Å²) in [6, 6.07) is 8.82. The van der Waals surface area contributed by atoms with Crippen molar-refractivity contribution in [2.24, 2.45) is 0 Å². The lowest BCUT2D eigenvalue weighted by Crippen LogP contribution is -2.32. The molecule has 21 heavy (non-hydrogen) atoms. The molecule has 3 nitrogen and oxygen atoms in total. The predicted molar refractivity (Wildman–Crippen MR) is 94.2 cm³/mol. The van der Waals surface area contributed by atoms with Crippen molar-refractivity contribution in [2.45, 2.75) is 0 Å². The van der Waals surface area contributed by atoms with Gasteiger partial charge in [-0.15, -0.1) is 11.3 Å². The Morgan fingerprint density at radius 2 is 2.05 bits per heavy atom. The molecule has 0 bridgehead atoms. The lowest BCUT2D eigenvalue weighted by atomic mass is 10.3. The van der Waals surface area contributed by atoms with Crippen LogP contribution in [0.2, 0.25) is 10.0 Å². The normalized spacial score (nSPS) is 10.6. The first kappa shape index (κ1) is 16.0. The second kappa shape index (κ2) is 7.56. The molecule has 2 aromatic rings. The number of thiophene rings is 1. The monoisotopic (exact) mass is 356 g/mol. The van der Waals surface area contributed by atoms with E-state index in [-0.39, 0.29) is 11.0 Å². The van der Waals surface area contributed by atoms with Crippen LogP contribution in [-0.2, 0) is 4.79 Å². The van der Waals surface area contributed by atoms with Crippen LogP contribution in [0.3, 0.4) is 0 Å². The number of anilines is 1. The molecule has 0 saturated heterocycles. The van der Waals surface area contributed by atoms with Crippen molar-refractivity contribution in [2.75, 3.05) is 5.32 Å². The molecule has 1 heterocycles. The number of halogens is 2. The molecule has 0 atom stereocenters. The molecule has 0 fully saturated rings. The fourth-order valence-electron chi connectivity index (χ4n) is 1.43. The van der Waals surface area contributed by atoms with Gasteiger partial charge >= 0.3 is 0 Å². The van der Waals surface area contributed by atoms with Crippen LogP contribution in [0.25, 0.3) is 6.08 Å². The van der Waals surface area contributed by atoms with Gasteiger partial charge in [0.25, 0.3) is 0 Å². The Morgan fingerprint density at radius 1 is 1.24 bits per heavy atom. The van der Waals surface area contributed by atoms with E-state index in [1.54, 1.807) is 35.6 Å². The third kappa shape index (κ3) is 5.13. The molecule has 1 amide bonds. The average molecular weight is 357 g/mol. The molecular formula is C14H10Cl2N2OS2. The van der Waals surface area contributed by atoms with E-state index in [9.17, 15) is 4.79 Å². The van der Waals surface area contributed by atoms with Crippen LogP contribution in [0.5, 0.6) is 0 Å². The van der Waals surface area contributed by atoms with E-state index >= 15 is 0 Å². The van der Waals surface area contributed by atoms with Gasteiger partial charge in [0.1, 0.15) is 0 Å². The van der Waals surface area contributed by atoms with E-state index in [1.165, 1.54) is 6.08 Å². The lowest BCUT2D eigenvalue weighted by Gasteiger charge is -2.08. The smallest absolute Gasteiger partial charge is 0.250 e. The molecule has 1 aromatic heterocycles. The second-order valence-corrected chi connectivity index (χ2v) is 6.12. The van der Waals surface area contributed by atoms with E-state index in [1.807, 2.05) is 17.5 Å². The molecule has 0 aliphatic carbocycles. The van der Waals surface area contributed by atoms with Crippen LogP contribution >= 0.6 is 46.8 Å². The Kier molecular flexibility index (Phi) is 5.76. The molecule has 0 spiro atoms. The van der Waals surface area contributed by atoms with Crippen molar-refractivity contribution in [1.82, 2.24) is 5.32 Å². The Labute approximate surface area is 141 Å². The zero-order valence-electron chi connectivity index (χ0n) is 10.6. The maximum absolute atomic E-state index is 11.7. The average Bonchev–Trinajstić information content (AvgIpc) is 2.94. The minimum Gasteiger partial charge on any atom is -0.332 e. The van der Waals surface area contributed by atoms with Crippen LogP contribution in [0.4, 0.5) is 5.69 Å². The van der Waals surface area contributed by atoms with E-state index in [2.05, 4.69) is 10.6 Å². The quantitative estimate of drug-likeness (QED) is 0.624. The number of carbonyl (C=O) groups excluding carboxylic acids is 1.